The van der Waals surface area contributed by atoms with E-state index in [1.165, 1.54) is 18.2 Å². The predicted molar refractivity (Wildman–Crippen MR) is 74.6 cm³/mol. The normalized spacial score (nSPS) is 11.0. The minimum atomic E-state index is -0.469. The summed E-state index contributed by atoms with van der Waals surface area (Å²) in [5.74, 6) is -0.261. The highest BCUT2D eigenvalue weighted by atomic mass is 16.6. The summed E-state index contributed by atoms with van der Waals surface area (Å²) in [6.45, 7) is 2.46. The van der Waals surface area contributed by atoms with Gasteiger partial charge in [-0.3, -0.25) is 14.9 Å². The summed E-state index contributed by atoms with van der Waals surface area (Å²) in [5, 5.41) is 13.5. The zero-order valence-corrected chi connectivity index (χ0v) is 10.7. The molecule has 1 N–H and O–H groups in total. The minimum Gasteiger partial charge on any atom is -0.352 e. The first kappa shape index (κ1) is 14.6. The van der Waals surface area contributed by atoms with E-state index >= 15 is 0 Å². The van der Waals surface area contributed by atoms with Crippen LogP contribution in [-0.2, 0) is 4.79 Å². The number of amides is 1. The summed E-state index contributed by atoms with van der Waals surface area (Å²) in [5.41, 5.74) is 0.400. The van der Waals surface area contributed by atoms with E-state index in [-0.39, 0.29) is 11.6 Å². The Bertz CT molecular complexity index is 507. The average molecular weight is 260 g/mol. The van der Waals surface area contributed by atoms with Gasteiger partial charge in [0.15, 0.2) is 0 Å². The van der Waals surface area contributed by atoms with Gasteiger partial charge in [-0.2, -0.15) is 0 Å². The molecule has 0 atom stereocenters. The lowest BCUT2D eigenvalue weighted by Crippen LogP contribution is -2.21. The minimum absolute atomic E-state index is 0.0135. The molecule has 19 heavy (non-hydrogen) atoms. The maximum atomic E-state index is 11.5. The molecule has 1 aromatic rings. The summed E-state index contributed by atoms with van der Waals surface area (Å²) in [4.78, 5) is 21.8. The second-order valence-corrected chi connectivity index (χ2v) is 3.80. The van der Waals surface area contributed by atoms with Gasteiger partial charge in [0.05, 0.1) is 10.5 Å². The molecule has 0 saturated heterocycles. The number of carbonyl (C=O) groups excluding carboxylic acids is 1. The maximum absolute atomic E-state index is 11.5. The van der Waals surface area contributed by atoms with Gasteiger partial charge in [-0.05, 0) is 25.5 Å². The predicted octanol–water partition coefficient (Wildman–Crippen LogP) is 2.69. The van der Waals surface area contributed by atoms with Crippen LogP contribution in [0.5, 0.6) is 0 Å². The number of nitro benzene ring substituents is 1. The Hall–Kier alpha value is -2.43. The van der Waals surface area contributed by atoms with Gasteiger partial charge in [0.1, 0.15) is 0 Å². The molecule has 0 spiro atoms. The number of para-hydroxylation sites is 1. The lowest BCUT2D eigenvalue weighted by atomic mass is 10.1. The fourth-order valence-electron chi connectivity index (χ4n) is 1.46. The van der Waals surface area contributed by atoms with Gasteiger partial charge in [-0.15, -0.1) is 0 Å². The number of nitrogens with zero attached hydrogens (tertiary/aromatic N) is 1. The molecule has 0 fully saturated rings. The molecule has 100 valence electrons. The van der Waals surface area contributed by atoms with Crippen molar-refractivity contribution in [1.29, 1.82) is 0 Å². The van der Waals surface area contributed by atoms with Gasteiger partial charge in [-0.25, -0.2) is 0 Å². The molecule has 1 rings (SSSR count). The lowest BCUT2D eigenvalue weighted by Gasteiger charge is -1.99. The number of benzene rings is 1. The van der Waals surface area contributed by atoms with Crippen LogP contribution in [0.1, 0.15) is 18.9 Å². The summed E-state index contributed by atoms with van der Waals surface area (Å²) in [7, 11) is 0. The molecule has 1 aromatic carbocycles. The molecule has 5 heteroatoms. The van der Waals surface area contributed by atoms with Gasteiger partial charge in [0, 0.05) is 18.7 Å². The number of hydrogen-bond donors (Lipinski definition) is 1. The number of allylic oxidation sites excluding steroid dienone is 1. The van der Waals surface area contributed by atoms with E-state index in [1.54, 1.807) is 18.2 Å². The van der Waals surface area contributed by atoms with Crippen molar-refractivity contribution in [1.82, 2.24) is 5.32 Å². The van der Waals surface area contributed by atoms with Gasteiger partial charge >= 0.3 is 0 Å². The Morgan fingerprint density at radius 3 is 2.84 bits per heavy atom. The van der Waals surface area contributed by atoms with Gasteiger partial charge < -0.3 is 5.32 Å². The van der Waals surface area contributed by atoms with Crippen molar-refractivity contribution in [3.63, 3.8) is 0 Å². The first-order chi connectivity index (χ1) is 9.15. The van der Waals surface area contributed by atoms with Gasteiger partial charge in [0.2, 0.25) is 5.91 Å². The van der Waals surface area contributed by atoms with Gasteiger partial charge in [-0.1, -0.05) is 24.3 Å². The summed E-state index contributed by atoms with van der Waals surface area (Å²) in [6.07, 6.45) is 7.38. The lowest BCUT2D eigenvalue weighted by molar-refractivity contribution is -0.385. The molecular formula is C14H16N2O3. The average Bonchev–Trinajstić information content (AvgIpc) is 2.41. The third-order valence-electron chi connectivity index (χ3n) is 2.39. The SMILES string of the molecule is C/C=C/CCNC(=O)/C=C/c1ccccc1[N+](=O)[O-]. The Labute approximate surface area is 111 Å². The van der Waals surface area contributed by atoms with E-state index in [2.05, 4.69) is 5.32 Å². The molecule has 5 nitrogen and oxygen atoms in total. The van der Waals surface area contributed by atoms with Crippen LogP contribution in [0.15, 0.2) is 42.5 Å². The summed E-state index contributed by atoms with van der Waals surface area (Å²) >= 11 is 0. The van der Waals surface area contributed by atoms with Crippen LogP contribution in [-0.4, -0.2) is 17.4 Å². The van der Waals surface area contributed by atoms with Crippen molar-refractivity contribution in [3.8, 4) is 0 Å². The zero-order valence-electron chi connectivity index (χ0n) is 10.7. The standard InChI is InChI=1S/C14H16N2O3/c1-2-3-6-11-15-14(17)10-9-12-7-4-5-8-13(12)16(18)19/h2-5,7-10H,6,11H2,1H3,(H,15,17)/b3-2+,10-9+. The molecule has 1 amide bonds. The molecule has 0 aliphatic heterocycles. The number of rotatable bonds is 6. The maximum Gasteiger partial charge on any atom is 0.276 e. The van der Waals surface area contributed by atoms with E-state index in [4.69, 9.17) is 0 Å². The second-order valence-electron chi connectivity index (χ2n) is 3.80. The van der Waals surface area contributed by atoms with Crippen LogP contribution in [0.4, 0.5) is 5.69 Å². The van der Waals surface area contributed by atoms with E-state index < -0.39 is 4.92 Å². The molecule has 0 radical (unpaired) electrons. The Balaban J connectivity index is 2.61. The zero-order chi connectivity index (χ0) is 14.1. The van der Waals surface area contributed by atoms with Gasteiger partial charge in [0.25, 0.3) is 5.69 Å². The van der Waals surface area contributed by atoms with Crippen LogP contribution in [0, 0.1) is 10.1 Å². The van der Waals surface area contributed by atoms with E-state index in [0.29, 0.717) is 12.1 Å². The molecular weight excluding hydrogens is 244 g/mol. The molecule has 0 bridgehead atoms. The third-order valence-corrected chi connectivity index (χ3v) is 2.39. The summed E-state index contributed by atoms with van der Waals surface area (Å²) < 4.78 is 0. The summed E-state index contributed by atoms with van der Waals surface area (Å²) in [6, 6.07) is 6.29. The first-order valence-electron chi connectivity index (χ1n) is 5.95. The van der Waals surface area contributed by atoms with E-state index in [9.17, 15) is 14.9 Å². The molecule has 0 saturated carbocycles. The number of hydrogen-bond acceptors (Lipinski definition) is 3. The second kappa shape index (κ2) is 7.81. The van der Waals surface area contributed by atoms with Crippen LogP contribution in [0.2, 0.25) is 0 Å². The molecule has 0 aliphatic rings. The van der Waals surface area contributed by atoms with Crippen molar-refractivity contribution < 1.29 is 9.72 Å². The molecule has 0 unspecified atom stereocenters. The van der Waals surface area contributed by atoms with Crippen molar-refractivity contribution >= 4 is 17.7 Å². The topological polar surface area (TPSA) is 72.2 Å². The molecule has 0 aliphatic carbocycles. The van der Waals surface area contributed by atoms with E-state index in [1.807, 2.05) is 19.1 Å². The largest absolute Gasteiger partial charge is 0.352 e. The number of nitro groups is 1. The highest BCUT2D eigenvalue weighted by molar-refractivity contribution is 5.92. The number of carbonyl (C=O) groups is 1. The third kappa shape index (κ3) is 5.16. The van der Waals surface area contributed by atoms with Crippen molar-refractivity contribution in [2.45, 2.75) is 13.3 Å². The van der Waals surface area contributed by atoms with Crippen LogP contribution < -0.4 is 5.32 Å². The molecule has 0 aromatic heterocycles. The Kier molecular flexibility index (Phi) is 6.02. The first-order valence-corrected chi connectivity index (χ1v) is 5.95. The Morgan fingerprint density at radius 1 is 1.42 bits per heavy atom. The fourth-order valence-corrected chi connectivity index (χ4v) is 1.46. The van der Waals surface area contributed by atoms with Crippen molar-refractivity contribution in [2.75, 3.05) is 6.54 Å². The van der Waals surface area contributed by atoms with Crippen molar-refractivity contribution in [3.05, 3.63) is 58.2 Å². The Morgan fingerprint density at radius 2 is 2.16 bits per heavy atom. The van der Waals surface area contributed by atoms with Crippen molar-refractivity contribution in [2.24, 2.45) is 0 Å². The quantitative estimate of drug-likeness (QED) is 0.281. The highest BCUT2D eigenvalue weighted by Crippen LogP contribution is 2.18. The monoisotopic (exact) mass is 260 g/mol. The van der Waals surface area contributed by atoms with Crippen LogP contribution in [0.3, 0.4) is 0 Å². The highest BCUT2D eigenvalue weighted by Gasteiger charge is 2.09. The fraction of sp³-hybridized carbons (Fsp3) is 0.214. The van der Waals surface area contributed by atoms with E-state index in [0.717, 1.165) is 6.42 Å². The number of nitrogens with one attached hydrogen (secondary N) is 1. The van der Waals surface area contributed by atoms with Crippen LogP contribution >= 0.6 is 0 Å². The molecule has 0 heterocycles. The smallest absolute Gasteiger partial charge is 0.276 e. The van der Waals surface area contributed by atoms with Crippen LogP contribution in [0.25, 0.3) is 6.08 Å².